The Hall–Kier alpha value is -1.21. The van der Waals surface area contributed by atoms with Crippen LogP contribution in [-0.4, -0.2) is 39.8 Å². The van der Waals surface area contributed by atoms with E-state index in [1.165, 1.54) is 6.42 Å². The molecule has 0 saturated heterocycles. The molecule has 0 aliphatic heterocycles. The van der Waals surface area contributed by atoms with E-state index in [-0.39, 0.29) is 0 Å². The van der Waals surface area contributed by atoms with Gasteiger partial charge in [-0.05, 0) is 33.1 Å². The topological polar surface area (TPSA) is 116 Å². The first-order valence-corrected chi connectivity index (χ1v) is 7.92. The normalized spacial score (nSPS) is 21.0. The Morgan fingerprint density at radius 1 is 1.36 bits per heavy atom. The number of hydrogen-bond acceptors (Lipinski definition) is 6. The number of aliphatic hydroxyl groups excluding tert-OH is 1. The molecule has 1 saturated carbocycles. The van der Waals surface area contributed by atoms with Crippen molar-refractivity contribution in [1.29, 1.82) is 0 Å². The van der Waals surface area contributed by atoms with Crippen LogP contribution in [0.1, 0.15) is 59.3 Å². The van der Waals surface area contributed by atoms with E-state index in [2.05, 4.69) is 0 Å². The van der Waals surface area contributed by atoms with Gasteiger partial charge in [-0.1, -0.05) is 32.1 Å². The van der Waals surface area contributed by atoms with Gasteiger partial charge in [0.1, 0.15) is 11.7 Å². The van der Waals surface area contributed by atoms with Crippen molar-refractivity contribution >= 4 is 5.97 Å². The van der Waals surface area contributed by atoms with Crippen LogP contribution in [0.4, 0.5) is 0 Å². The molecule has 0 aromatic carbocycles. The average molecular weight is 316 g/mol. The van der Waals surface area contributed by atoms with E-state index in [0.717, 1.165) is 25.7 Å². The molecule has 0 aromatic rings. The van der Waals surface area contributed by atoms with E-state index in [1.807, 2.05) is 0 Å². The van der Waals surface area contributed by atoms with Gasteiger partial charge < -0.3 is 15.6 Å². The molecule has 0 amide bonds. The van der Waals surface area contributed by atoms with Crippen LogP contribution < -0.4 is 5.73 Å². The molecule has 1 aliphatic carbocycles. The van der Waals surface area contributed by atoms with Gasteiger partial charge in [-0.25, -0.2) is 4.79 Å². The van der Waals surface area contributed by atoms with Crippen molar-refractivity contribution in [3.8, 4) is 0 Å². The number of ether oxygens (including phenoxy) is 1. The highest BCUT2D eigenvalue weighted by molar-refractivity contribution is 5.75. The van der Waals surface area contributed by atoms with Gasteiger partial charge in [0.05, 0.1) is 0 Å². The largest absolute Gasteiger partial charge is 0.455 e. The standard InChI is InChI=1S/C15H28N2O5/c1-15(2,3)22-14(19)12(17(20)21)13(18)11(16)9-10-7-5-4-6-8-10/h10-13,18H,4-9,16H2,1-3H3. The fourth-order valence-electron chi connectivity index (χ4n) is 2.89. The van der Waals surface area contributed by atoms with Crippen LogP contribution in [0, 0.1) is 16.0 Å². The molecule has 0 bridgehead atoms. The van der Waals surface area contributed by atoms with Crippen molar-refractivity contribution in [2.75, 3.05) is 0 Å². The van der Waals surface area contributed by atoms with E-state index in [9.17, 15) is 20.0 Å². The van der Waals surface area contributed by atoms with Gasteiger partial charge in [0.25, 0.3) is 0 Å². The molecular formula is C15H28N2O5. The van der Waals surface area contributed by atoms with Crippen molar-refractivity contribution in [3.05, 3.63) is 10.1 Å². The van der Waals surface area contributed by atoms with E-state index in [0.29, 0.717) is 12.3 Å². The predicted molar refractivity (Wildman–Crippen MR) is 81.8 cm³/mol. The average Bonchev–Trinajstić information content (AvgIpc) is 2.37. The first-order valence-electron chi connectivity index (χ1n) is 7.92. The second-order valence-corrected chi connectivity index (χ2v) is 7.16. The Morgan fingerprint density at radius 3 is 2.36 bits per heavy atom. The maximum absolute atomic E-state index is 12.0. The molecule has 0 aromatic heterocycles. The summed E-state index contributed by atoms with van der Waals surface area (Å²) in [5.41, 5.74) is 5.08. The summed E-state index contributed by atoms with van der Waals surface area (Å²) in [5.74, 6) is -0.673. The first kappa shape index (κ1) is 18.8. The number of nitrogens with two attached hydrogens (primary N) is 1. The lowest BCUT2D eigenvalue weighted by Gasteiger charge is -2.28. The third kappa shape index (κ3) is 5.88. The second kappa shape index (κ2) is 7.87. The van der Waals surface area contributed by atoms with Crippen molar-refractivity contribution in [3.63, 3.8) is 0 Å². The summed E-state index contributed by atoms with van der Waals surface area (Å²) >= 11 is 0. The minimum absolute atomic E-state index is 0.365. The number of carbonyl (C=O) groups excluding carboxylic acids is 1. The molecule has 3 unspecified atom stereocenters. The fraction of sp³-hybridized carbons (Fsp3) is 0.933. The van der Waals surface area contributed by atoms with Gasteiger partial charge in [-0.15, -0.1) is 0 Å². The summed E-state index contributed by atoms with van der Waals surface area (Å²) in [6, 6.07) is -2.64. The van der Waals surface area contributed by atoms with E-state index in [1.54, 1.807) is 20.8 Å². The summed E-state index contributed by atoms with van der Waals surface area (Å²) in [7, 11) is 0. The third-order valence-corrected chi connectivity index (χ3v) is 3.97. The highest BCUT2D eigenvalue weighted by Crippen LogP contribution is 2.28. The number of aliphatic hydroxyl groups is 1. The Labute approximate surface area is 131 Å². The smallest absolute Gasteiger partial charge is 0.385 e. The molecule has 0 spiro atoms. The van der Waals surface area contributed by atoms with E-state index in [4.69, 9.17) is 10.5 Å². The number of nitrogens with zero attached hydrogens (tertiary/aromatic N) is 1. The molecule has 0 heterocycles. The monoisotopic (exact) mass is 316 g/mol. The van der Waals surface area contributed by atoms with Gasteiger partial charge >= 0.3 is 12.0 Å². The molecule has 1 fully saturated rings. The van der Waals surface area contributed by atoms with Crippen molar-refractivity contribution in [2.24, 2.45) is 11.7 Å². The molecule has 3 N–H and O–H groups in total. The van der Waals surface area contributed by atoms with Crippen molar-refractivity contribution < 1.29 is 19.6 Å². The lowest BCUT2D eigenvalue weighted by molar-refractivity contribution is -0.523. The maximum Gasteiger partial charge on any atom is 0.385 e. The Bertz CT molecular complexity index is 388. The Kier molecular flexibility index (Phi) is 6.74. The first-order chi connectivity index (χ1) is 10.1. The predicted octanol–water partition coefficient (Wildman–Crippen LogP) is 1.63. The summed E-state index contributed by atoms with van der Waals surface area (Å²) in [6.45, 7) is 4.86. The van der Waals surface area contributed by atoms with Gasteiger partial charge in [0.15, 0.2) is 0 Å². The number of esters is 1. The molecule has 1 rings (SSSR count). The summed E-state index contributed by atoms with van der Waals surface area (Å²) < 4.78 is 5.03. The summed E-state index contributed by atoms with van der Waals surface area (Å²) in [5, 5.41) is 21.3. The molecule has 7 heteroatoms. The zero-order chi connectivity index (χ0) is 16.9. The third-order valence-electron chi connectivity index (χ3n) is 3.97. The number of rotatable bonds is 6. The molecule has 0 radical (unpaired) electrons. The minimum atomic E-state index is -1.84. The molecule has 1 aliphatic rings. The van der Waals surface area contributed by atoms with Crippen molar-refractivity contribution in [2.45, 2.75) is 83.1 Å². The van der Waals surface area contributed by atoms with Gasteiger partial charge in [-0.3, -0.25) is 10.1 Å². The quantitative estimate of drug-likeness (QED) is 0.437. The lowest BCUT2D eigenvalue weighted by atomic mass is 9.83. The highest BCUT2D eigenvalue weighted by Gasteiger charge is 2.44. The molecule has 22 heavy (non-hydrogen) atoms. The van der Waals surface area contributed by atoms with Crippen LogP contribution in [-0.2, 0) is 9.53 Å². The minimum Gasteiger partial charge on any atom is -0.455 e. The van der Waals surface area contributed by atoms with Gasteiger partial charge in [0, 0.05) is 11.0 Å². The van der Waals surface area contributed by atoms with Crippen LogP contribution in [0.3, 0.4) is 0 Å². The number of carbonyl (C=O) groups is 1. The molecule has 7 nitrogen and oxygen atoms in total. The molecular weight excluding hydrogens is 288 g/mol. The fourth-order valence-corrected chi connectivity index (χ4v) is 2.89. The maximum atomic E-state index is 12.0. The van der Waals surface area contributed by atoms with Crippen molar-refractivity contribution in [1.82, 2.24) is 0 Å². The molecule has 128 valence electrons. The zero-order valence-corrected chi connectivity index (χ0v) is 13.7. The number of hydrogen-bond donors (Lipinski definition) is 2. The van der Waals surface area contributed by atoms with Crippen LogP contribution in [0.5, 0.6) is 0 Å². The van der Waals surface area contributed by atoms with Gasteiger partial charge in [0.2, 0.25) is 0 Å². The SMILES string of the molecule is CC(C)(C)OC(=O)C(C(O)C(N)CC1CCCCC1)[N+](=O)[O-]. The van der Waals surface area contributed by atoms with Crippen LogP contribution >= 0.6 is 0 Å². The van der Waals surface area contributed by atoms with E-state index >= 15 is 0 Å². The van der Waals surface area contributed by atoms with Crippen LogP contribution in [0.15, 0.2) is 0 Å². The lowest BCUT2D eigenvalue weighted by Crippen LogP contribution is -2.52. The Balaban J connectivity index is 2.68. The molecule has 3 atom stereocenters. The van der Waals surface area contributed by atoms with Crippen LogP contribution in [0.25, 0.3) is 0 Å². The highest BCUT2D eigenvalue weighted by atomic mass is 16.6. The summed E-state index contributed by atoms with van der Waals surface area (Å²) in [4.78, 5) is 22.3. The zero-order valence-electron chi connectivity index (χ0n) is 13.7. The summed E-state index contributed by atoms with van der Waals surface area (Å²) in [6.07, 6.45) is 4.45. The Morgan fingerprint density at radius 2 is 1.91 bits per heavy atom. The van der Waals surface area contributed by atoms with Crippen LogP contribution in [0.2, 0.25) is 0 Å². The second-order valence-electron chi connectivity index (χ2n) is 7.16. The number of nitro groups is 1. The van der Waals surface area contributed by atoms with Gasteiger partial charge in [-0.2, -0.15) is 0 Å². The van der Waals surface area contributed by atoms with E-state index < -0.39 is 34.7 Å².